The Hall–Kier alpha value is -1.76. The first-order valence-electron chi connectivity index (χ1n) is 6.53. The lowest BCUT2D eigenvalue weighted by molar-refractivity contribution is 0.276. The SMILES string of the molecule is CC1CCC(Nc2nccc(C#N)c2N)C(C)C1. The van der Waals surface area contributed by atoms with Crippen LogP contribution >= 0.6 is 0 Å². The van der Waals surface area contributed by atoms with E-state index in [0.29, 0.717) is 29.0 Å². The Bertz CT molecular complexity index is 463. The fraction of sp³-hybridized carbons (Fsp3) is 0.571. The van der Waals surface area contributed by atoms with Gasteiger partial charge in [-0.15, -0.1) is 0 Å². The van der Waals surface area contributed by atoms with E-state index in [1.807, 2.05) is 0 Å². The predicted molar refractivity (Wildman–Crippen MR) is 73.0 cm³/mol. The Labute approximate surface area is 108 Å². The molecule has 4 heteroatoms. The van der Waals surface area contributed by atoms with Crippen LogP contribution in [-0.2, 0) is 0 Å². The molecule has 0 aliphatic heterocycles. The van der Waals surface area contributed by atoms with Crippen LogP contribution in [0.4, 0.5) is 11.5 Å². The maximum Gasteiger partial charge on any atom is 0.150 e. The lowest BCUT2D eigenvalue weighted by atomic mass is 9.80. The first-order chi connectivity index (χ1) is 8.61. The number of nitrogen functional groups attached to an aromatic ring is 1. The van der Waals surface area contributed by atoms with Gasteiger partial charge in [0, 0.05) is 12.2 Å². The molecule has 3 N–H and O–H groups in total. The zero-order chi connectivity index (χ0) is 13.1. The molecule has 4 nitrogen and oxygen atoms in total. The number of nitrogens with zero attached hydrogens (tertiary/aromatic N) is 2. The van der Waals surface area contributed by atoms with Gasteiger partial charge < -0.3 is 11.1 Å². The highest BCUT2D eigenvalue weighted by Gasteiger charge is 2.26. The monoisotopic (exact) mass is 244 g/mol. The third-order valence-corrected chi connectivity index (χ3v) is 3.86. The average molecular weight is 244 g/mol. The molecule has 3 unspecified atom stereocenters. The molecule has 1 fully saturated rings. The van der Waals surface area contributed by atoms with Crippen LogP contribution in [0.5, 0.6) is 0 Å². The molecular formula is C14H20N4. The molecule has 0 radical (unpaired) electrons. The van der Waals surface area contributed by atoms with Gasteiger partial charge in [0.25, 0.3) is 0 Å². The molecule has 96 valence electrons. The van der Waals surface area contributed by atoms with Crippen LogP contribution in [0.1, 0.15) is 38.7 Å². The first-order valence-corrected chi connectivity index (χ1v) is 6.53. The largest absolute Gasteiger partial charge is 0.395 e. The molecule has 0 spiro atoms. The molecule has 1 aromatic heterocycles. The van der Waals surface area contributed by atoms with Crippen LogP contribution < -0.4 is 11.1 Å². The molecule has 1 aromatic rings. The van der Waals surface area contributed by atoms with Gasteiger partial charge in [0.05, 0.1) is 11.3 Å². The summed E-state index contributed by atoms with van der Waals surface area (Å²) >= 11 is 0. The molecule has 1 aliphatic carbocycles. The second-order valence-corrected chi connectivity index (χ2v) is 5.38. The van der Waals surface area contributed by atoms with Crippen LogP contribution in [0.3, 0.4) is 0 Å². The Morgan fingerprint density at radius 2 is 2.22 bits per heavy atom. The fourth-order valence-corrected chi connectivity index (χ4v) is 2.74. The highest BCUT2D eigenvalue weighted by Crippen LogP contribution is 2.31. The molecule has 0 aromatic carbocycles. The molecule has 1 saturated carbocycles. The lowest BCUT2D eigenvalue weighted by Crippen LogP contribution is -2.33. The summed E-state index contributed by atoms with van der Waals surface area (Å²) in [4.78, 5) is 4.25. The summed E-state index contributed by atoms with van der Waals surface area (Å²) in [6.07, 6.45) is 5.24. The molecule has 0 bridgehead atoms. The summed E-state index contributed by atoms with van der Waals surface area (Å²) in [5.74, 6) is 2.06. The zero-order valence-electron chi connectivity index (χ0n) is 11.0. The number of pyridine rings is 1. The Balaban J connectivity index is 2.13. The van der Waals surface area contributed by atoms with Gasteiger partial charge in [-0.1, -0.05) is 13.8 Å². The fourth-order valence-electron chi connectivity index (χ4n) is 2.74. The van der Waals surface area contributed by atoms with Crippen molar-refractivity contribution >= 4 is 11.5 Å². The minimum Gasteiger partial charge on any atom is -0.395 e. The van der Waals surface area contributed by atoms with E-state index in [9.17, 15) is 0 Å². The minimum atomic E-state index is 0.407. The van der Waals surface area contributed by atoms with E-state index in [1.54, 1.807) is 12.3 Å². The van der Waals surface area contributed by atoms with Crippen LogP contribution in [0.2, 0.25) is 0 Å². The van der Waals surface area contributed by atoms with Crippen LogP contribution in [0, 0.1) is 23.2 Å². The van der Waals surface area contributed by atoms with Crippen molar-refractivity contribution in [3.8, 4) is 6.07 Å². The minimum absolute atomic E-state index is 0.407. The van der Waals surface area contributed by atoms with Crippen molar-refractivity contribution in [2.75, 3.05) is 11.1 Å². The van der Waals surface area contributed by atoms with Gasteiger partial charge in [-0.3, -0.25) is 0 Å². The number of hydrogen-bond acceptors (Lipinski definition) is 4. The Morgan fingerprint density at radius 3 is 2.89 bits per heavy atom. The number of aromatic nitrogens is 1. The number of hydrogen-bond donors (Lipinski definition) is 2. The second-order valence-electron chi connectivity index (χ2n) is 5.38. The predicted octanol–water partition coefficient (Wildman–Crippen LogP) is 2.77. The third-order valence-electron chi connectivity index (χ3n) is 3.86. The molecule has 0 amide bonds. The maximum atomic E-state index is 8.95. The highest BCUT2D eigenvalue weighted by atomic mass is 15.0. The van der Waals surface area contributed by atoms with Crippen LogP contribution in [0.15, 0.2) is 12.3 Å². The molecular weight excluding hydrogens is 224 g/mol. The van der Waals surface area contributed by atoms with E-state index in [2.05, 4.69) is 30.2 Å². The van der Waals surface area contributed by atoms with Crippen molar-refractivity contribution in [3.63, 3.8) is 0 Å². The molecule has 1 heterocycles. The van der Waals surface area contributed by atoms with Gasteiger partial charge >= 0.3 is 0 Å². The van der Waals surface area contributed by atoms with Gasteiger partial charge in [0.1, 0.15) is 6.07 Å². The van der Waals surface area contributed by atoms with E-state index in [4.69, 9.17) is 11.0 Å². The van der Waals surface area contributed by atoms with E-state index >= 15 is 0 Å². The second kappa shape index (κ2) is 5.26. The van der Waals surface area contributed by atoms with Crippen LogP contribution in [0.25, 0.3) is 0 Å². The van der Waals surface area contributed by atoms with Gasteiger partial charge in [0.15, 0.2) is 5.82 Å². The zero-order valence-corrected chi connectivity index (χ0v) is 11.0. The Morgan fingerprint density at radius 1 is 1.44 bits per heavy atom. The van der Waals surface area contributed by atoms with Gasteiger partial charge in [0.2, 0.25) is 0 Å². The van der Waals surface area contributed by atoms with Crippen molar-refractivity contribution in [2.24, 2.45) is 11.8 Å². The molecule has 3 atom stereocenters. The molecule has 1 aliphatic rings. The average Bonchev–Trinajstić information content (AvgIpc) is 2.35. The lowest BCUT2D eigenvalue weighted by Gasteiger charge is -2.33. The summed E-state index contributed by atoms with van der Waals surface area (Å²) in [6.45, 7) is 4.56. The Kier molecular flexibility index (Phi) is 3.71. The third kappa shape index (κ3) is 2.56. The highest BCUT2D eigenvalue weighted by molar-refractivity contribution is 5.69. The molecule has 0 saturated heterocycles. The first kappa shape index (κ1) is 12.7. The van der Waals surface area contributed by atoms with E-state index in [1.165, 1.54) is 12.8 Å². The summed E-state index contributed by atoms with van der Waals surface area (Å²) in [5.41, 5.74) is 6.89. The van der Waals surface area contributed by atoms with Crippen molar-refractivity contribution in [1.29, 1.82) is 5.26 Å². The van der Waals surface area contributed by atoms with Crippen LogP contribution in [-0.4, -0.2) is 11.0 Å². The summed E-state index contributed by atoms with van der Waals surface area (Å²) in [6, 6.07) is 4.14. The number of anilines is 2. The van der Waals surface area contributed by atoms with Gasteiger partial charge in [-0.25, -0.2) is 4.98 Å². The molecule has 18 heavy (non-hydrogen) atoms. The standard InChI is InChI=1S/C14H20N4/c1-9-3-4-12(10(2)7-9)18-14-13(16)11(8-15)5-6-17-14/h5-6,9-10,12H,3-4,7,16H2,1-2H3,(H,17,18). The summed E-state index contributed by atoms with van der Waals surface area (Å²) in [5, 5.41) is 12.4. The molecule has 2 rings (SSSR count). The summed E-state index contributed by atoms with van der Waals surface area (Å²) < 4.78 is 0. The summed E-state index contributed by atoms with van der Waals surface area (Å²) in [7, 11) is 0. The smallest absolute Gasteiger partial charge is 0.150 e. The number of nitriles is 1. The van der Waals surface area contributed by atoms with Gasteiger partial charge in [-0.2, -0.15) is 5.26 Å². The number of nitrogens with one attached hydrogen (secondary N) is 1. The maximum absolute atomic E-state index is 8.95. The van der Waals surface area contributed by atoms with E-state index in [0.717, 1.165) is 12.3 Å². The van der Waals surface area contributed by atoms with Crippen molar-refractivity contribution in [2.45, 2.75) is 39.2 Å². The van der Waals surface area contributed by atoms with Crippen molar-refractivity contribution < 1.29 is 0 Å². The number of rotatable bonds is 2. The normalized spacial score (nSPS) is 27.5. The quantitative estimate of drug-likeness (QED) is 0.838. The van der Waals surface area contributed by atoms with Crippen molar-refractivity contribution in [1.82, 2.24) is 4.98 Å². The van der Waals surface area contributed by atoms with E-state index in [-0.39, 0.29) is 0 Å². The number of nitrogens with two attached hydrogens (primary N) is 1. The van der Waals surface area contributed by atoms with Gasteiger partial charge in [-0.05, 0) is 37.2 Å². The van der Waals surface area contributed by atoms with Crippen molar-refractivity contribution in [3.05, 3.63) is 17.8 Å². The van der Waals surface area contributed by atoms with E-state index < -0.39 is 0 Å². The topological polar surface area (TPSA) is 74.7 Å².